The van der Waals surface area contributed by atoms with Crippen LogP contribution in [-0.2, 0) is 4.79 Å². The summed E-state index contributed by atoms with van der Waals surface area (Å²) in [5.74, 6) is 0.106. The predicted molar refractivity (Wildman–Crippen MR) is 120 cm³/mol. The van der Waals surface area contributed by atoms with Crippen molar-refractivity contribution < 1.29 is 4.79 Å². The number of amides is 1. The highest BCUT2D eigenvalue weighted by Crippen LogP contribution is 2.39. The molecular formula is C24H50N2O. The van der Waals surface area contributed by atoms with Crippen LogP contribution < -0.4 is 11.5 Å². The number of hydrogen-bond acceptors (Lipinski definition) is 2. The van der Waals surface area contributed by atoms with Crippen molar-refractivity contribution >= 4 is 5.91 Å². The molecule has 0 aliphatic carbocycles. The fraction of sp³-hybridized carbons (Fsp3) is 0.958. The summed E-state index contributed by atoms with van der Waals surface area (Å²) in [6.45, 7) is 8.45. The Labute approximate surface area is 170 Å². The molecule has 0 aromatic carbocycles. The second-order valence-electron chi connectivity index (χ2n) is 8.68. The zero-order valence-corrected chi connectivity index (χ0v) is 19.0. The maximum absolute atomic E-state index is 12.2. The van der Waals surface area contributed by atoms with Crippen LogP contribution in [0.1, 0.15) is 130 Å². The fourth-order valence-electron chi connectivity index (χ4n) is 4.82. The second kappa shape index (κ2) is 16.4. The SMILES string of the molecule is CCCCCCCCCCCCCCCC(CC)C(CC)(C(N)=O)C(C)N. The second-order valence-corrected chi connectivity index (χ2v) is 8.68. The Morgan fingerprint density at radius 2 is 1.19 bits per heavy atom. The van der Waals surface area contributed by atoms with E-state index in [2.05, 4.69) is 20.8 Å². The molecule has 0 radical (unpaired) electrons. The summed E-state index contributed by atoms with van der Waals surface area (Å²) in [7, 11) is 0. The van der Waals surface area contributed by atoms with Gasteiger partial charge in [0.1, 0.15) is 0 Å². The van der Waals surface area contributed by atoms with Crippen LogP contribution in [0.5, 0.6) is 0 Å². The van der Waals surface area contributed by atoms with Crippen molar-refractivity contribution in [2.45, 2.75) is 136 Å². The van der Waals surface area contributed by atoms with Gasteiger partial charge in [-0.3, -0.25) is 4.79 Å². The molecule has 0 heterocycles. The lowest BCUT2D eigenvalue weighted by atomic mass is 9.65. The minimum Gasteiger partial charge on any atom is -0.369 e. The molecule has 0 bridgehead atoms. The third kappa shape index (κ3) is 9.96. The number of carbonyl (C=O) groups is 1. The summed E-state index contributed by atoms with van der Waals surface area (Å²) >= 11 is 0. The maximum Gasteiger partial charge on any atom is 0.225 e. The Morgan fingerprint density at radius 1 is 0.778 bits per heavy atom. The van der Waals surface area contributed by atoms with Crippen LogP contribution in [0.4, 0.5) is 0 Å². The topological polar surface area (TPSA) is 69.1 Å². The number of unbranched alkanes of at least 4 members (excludes halogenated alkanes) is 12. The smallest absolute Gasteiger partial charge is 0.225 e. The third-order valence-corrected chi connectivity index (χ3v) is 6.73. The van der Waals surface area contributed by atoms with Crippen LogP contribution in [0.15, 0.2) is 0 Å². The van der Waals surface area contributed by atoms with Crippen molar-refractivity contribution in [3.63, 3.8) is 0 Å². The lowest BCUT2D eigenvalue weighted by Crippen LogP contribution is -2.53. The molecular weight excluding hydrogens is 332 g/mol. The van der Waals surface area contributed by atoms with Crippen molar-refractivity contribution in [1.82, 2.24) is 0 Å². The van der Waals surface area contributed by atoms with Gasteiger partial charge in [-0.1, -0.05) is 111 Å². The van der Waals surface area contributed by atoms with E-state index in [1.165, 1.54) is 83.5 Å². The lowest BCUT2D eigenvalue weighted by Gasteiger charge is -2.40. The molecule has 162 valence electrons. The Kier molecular flexibility index (Phi) is 16.0. The molecule has 3 atom stereocenters. The molecule has 3 heteroatoms. The number of primary amides is 1. The van der Waals surface area contributed by atoms with Gasteiger partial charge < -0.3 is 11.5 Å². The molecule has 0 aromatic heterocycles. The molecule has 0 aliphatic heterocycles. The molecule has 1 amide bonds. The molecule has 0 aromatic rings. The fourth-order valence-corrected chi connectivity index (χ4v) is 4.82. The highest BCUT2D eigenvalue weighted by atomic mass is 16.1. The van der Waals surface area contributed by atoms with E-state index in [0.717, 1.165) is 19.3 Å². The van der Waals surface area contributed by atoms with Gasteiger partial charge in [-0.2, -0.15) is 0 Å². The number of carbonyl (C=O) groups excluding carboxylic acids is 1. The van der Waals surface area contributed by atoms with Crippen molar-refractivity contribution in [3.05, 3.63) is 0 Å². The van der Waals surface area contributed by atoms with Gasteiger partial charge in [0, 0.05) is 6.04 Å². The van der Waals surface area contributed by atoms with Crippen molar-refractivity contribution in [2.24, 2.45) is 22.8 Å². The first-order valence-corrected chi connectivity index (χ1v) is 12.0. The van der Waals surface area contributed by atoms with Crippen LogP contribution in [0, 0.1) is 11.3 Å². The van der Waals surface area contributed by atoms with E-state index in [1.54, 1.807) is 0 Å². The number of nitrogens with two attached hydrogens (primary N) is 2. The van der Waals surface area contributed by atoms with E-state index < -0.39 is 5.41 Å². The Morgan fingerprint density at radius 3 is 1.48 bits per heavy atom. The van der Waals surface area contributed by atoms with E-state index >= 15 is 0 Å². The molecule has 0 spiro atoms. The Hall–Kier alpha value is -0.570. The maximum atomic E-state index is 12.2. The summed E-state index contributed by atoms with van der Waals surface area (Å²) in [4.78, 5) is 12.2. The summed E-state index contributed by atoms with van der Waals surface area (Å²) in [6.07, 6.45) is 20.6. The molecule has 27 heavy (non-hydrogen) atoms. The minimum atomic E-state index is -0.536. The van der Waals surface area contributed by atoms with Crippen molar-refractivity contribution in [3.8, 4) is 0 Å². The van der Waals surface area contributed by atoms with E-state index in [4.69, 9.17) is 11.5 Å². The zero-order valence-electron chi connectivity index (χ0n) is 19.0. The van der Waals surface area contributed by atoms with Gasteiger partial charge >= 0.3 is 0 Å². The van der Waals surface area contributed by atoms with Crippen LogP contribution in [-0.4, -0.2) is 11.9 Å². The van der Waals surface area contributed by atoms with Crippen LogP contribution in [0.3, 0.4) is 0 Å². The lowest BCUT2D eigenvalue weighted by molar-refractivity contribution is -0.133. The van der Waals surface area contributed by atoms with Gasteiger partial charge in [-0.25, -0.2) is 0 Å². The van der Waals surface area contributed by atoms with Gasteiger partial charge in [-0.05, 0) is 25.7 Å². The zero-order chi connectivity index (χ0) is 20.5. The van der Waals surface area contributed by atoms with Crippen LogP contribution in [0.25, 0.3) is 0 Å². The summed E-state index contributed by atoms with van der Waals surface area (Å²) in [6, 6.07) is -0.174. The quantitative estimate of drug-likeness (QED) is 0.243. The molecule has 4 N–H and O–H groups in total. The van der Waals surface area contributed by atoms with E-state index in [0.29, 0.717) is 5.92 Å². The van der Waals surface area contributed by atoms with Crippen molar-refractivity contribution in [2.75, 3.05) is 0 Å². The van der Waals surface area contributed by atoms with Gasteiger partial charge in [0.25, 0.3) is 0 Å². The molecule has 0 fully saturated rings. The molecule has 0 aliphatic rings. The molecule has 0 rings (SSSR count). The Bertz CT molecular complexity index is 356. The highest BCUT2D eigenvalue weighted by Gasteiger charge is 2.44. The standard InChI is InChI=1S/C24H50N2O/c1-5-8-9-10-11-12-13-14-15-16-17-18-19-20-22(6-2)24(7-3,21(4)25)23(26)27/h21-22H,5-20,25H2,1-4H3,(H2,26,27). The van der Waals surface area contributed by atoms with Gasteiger partial charge in [0.15, 0.2) is 0 Å². The number of hydrogen-bond donors (Lipinski definition) is 2. The molecule has 0 saturated heterocycles. The van der Waals surface area contributed by atoms with Crippen LogP contribution in [0.2, 0.25) is 0 Å². The van der Waals surface area contributed by atoms with Gasteiger partial charge in [0.05, 0.1) is 5.41 Å². The van der Waals surface area contributed by atoms with E-state index in [-0.39, 0.29) is 11.9 Å². The van der Waals surface area contributed by atoms with Gasteiger partial charge in [0.2, 0.25) is 5.91 Å². The molecule has 3 nitrogen and oxygen atoms in total. The summed E-state index contributed by atoms with van der Waals surface area (Å²) in [5.41, 5.74) is 11.5. The van der Waals surface area contributed by atoms with Crippen LogP contribution >= 0.6 is 0 Å². The Balaban J connectivity index is 3.85. The first-order chi connectivity index (χ1) is 13.0. The minimum absolute atomic E-state index is 0.174. The normalized spacial score (nSPS) is 16.0. The third-order valence-electron chi connectivity index (χ3n) is 6.73. The largest absolute Gasteiger partial charge is 0.369 e. The summed E-state index contributed by atoms with van der Waals surface area (Å²) in [5, 5.41) is 0. The average Bonchev–Trinajstić information content (AvgIpc) is 2.64. The first-order valence-electron chi connectivity index (χ1n) is 12.0. The average molecular weight is 383 g/mol. The number of rotatable bonds is 19. The van der Waals surface area contributed by atoms with Gasteiger partial charge in [-0.15, -0.1) is 0 Å². The van der Waals surface area contributed by atoms with E-state index in [1.807, 2.05) is 6.92 Å². The van der Waals surface area contributed by atoms with Crippen molar-refractivity contribution in [1.29, 1.82) is 0 Å². The monoisotopic (exact) mass is 382 g/mol. The molecule has 3 unspecified atom stereocenters. The predicted octanol–water partition coefficient (Wildman–Crippen LogP) is 6.72. The highest BCUT2D eigenvalue weighted by molar-refractivity contribution is 5.82. The summed E-state index contributed by atoms with van der Waals surface area (Å²) < 4.78 is 0. The molecule has 0 saturated carbocycles. The van der Waals surface area contributed by atoms with E-state index in [9.17, 15) is 4.79 Å². The first kappa shape index (κ1) is 26.4.